The molecule has 0 aliphatic carbocycles. The minimum atomic E-state index is 0.114. The van der Waals surface area contributed by atoms with Crippen LogP contribution >= 0.6 is 22.9 Å². The molecule has 1 unspecified atom stereocenters. The molecule has 96 valence electrons. The van der Waals surface area contributed by atoms with Gasteiger partial charge in [0.1, 0.15) is 5.75 Å². The van der Waals surface area contributed by atoms with E-state index in [2.05, 4.69) is 0 Å². The first-order valence-electron chi connectivity index (χ1n) is 5.91. The van der Waals surface area contributed by atoms with Crippen molar-refractivity contribution in [2.24, 2.45) is 5.73 Å². The van der Waals surface area contributed by atoms with E-state index < -0.39 is 0 Å². The van der Waals surface area contributed by atoms with Gasteiger partial charge in [-0.3, -0.25) is 0 Å². The van der Waals surface area contributed by atoms with Gasteiger partial charge < -0.3 is 10.5 Å². The van der Waals surface area contributed by atoms with Gasteiger partial charge in [0.15, 0.2) is 0 Å². The molecule has 4 heteroatoms. The summed E-state index contributed by atoms with van der Waals surface area (Å²) in [7, 11) is 0. The fraction of sp³-hybridized carbons (Fsp3) is 0.286. The Bertz CT molecular complexity index is 472. The zero-order chi connectivity index (χ0) is 12.8. The Labute approximate surface area is 116 Å². The minimum Gasteiger partial charge on any atom is -0.494 e. The van der Waals surface area contributed by atoms with Crippen molar-refractivity contribution in [2.45, 2.75) is 18.9 Å². The standard InChI is InChI=1S/C14H16ClNOS/c15-14-7-6-13(18-14)10-11(16)8-9-17-12-4-2-1-3-5-12/h1-7,11H,8-10,16H2. The number of nitrogens with two attached hydrogens (primary N) is 1. The number of thiophene rings is 1. The highest BCUT2D eigenvalue weighted by Gasteiger charge is 2.06. The van der Waals surface area contributed by atoms with Crippen molar-refractivity contribution in [1.82, 2.24) is 0 Å². The first-order valence-corrected chi connectivity index (χ1v) is 7.11. The van der Waals surface area contributed by atoms with Crippen molar-refractivity contribution < 1.29 is 4.74 Å². The maximum absolute atomic E-state index is 6.06. The van der Waals surface area contributed by atoms with Gasteiger partial charge in [-0.2, -0.15) is 0 Å². The van der Waals surface area contributed by atoms with Gasteiger partial charge in [0.05, 0.1) is 10.9 Å². The van der Waals surface area contributed by atoms with Crippen molar-refractivity contribution in [1.29, 1.82) is 0 Å². The molecule has 0 aliphatic rings. The second-order valence-corrected chi connectivity index (χ2v) is 5.92. The second-order valence-electron chi connectivity index (χ2n) is 4.12. The highest BCUT2D eigenvalue weighted by Crippen LogP contribution is 2.22. The van der Waals surface area contributed by atoms with Crippen LogP contribution in [0.25, 0.3) is 0 Å². The van der Waals surface area contributed by atoms with Crippen molar-refractivity contribution in [2.75, 3.05) is 6.61 Å². The molecule has 2 rings (SSSR count). The summed E-state index contributed by atoms with van der Waals surface area (Å²) in [6.45, 7) is 0.643. The van der Waals surface area contributed by atoms with E-state index in [0.29, 0.717) is 6.61 Å². The molecule has 18 heavy (non-hydrogen) atoms. The van der Waals surface area contributed by atoms with Crippen LogP contribution in [0.1, 0.15) is 11.3 Å². The summed E-state index contributed by atoms with van der Waals surface area (Å²) in [5, 5.41) is 0. The van der Waals surface area contributed by atoms with Crippen LogP contribution in [0.15, 0.2) is 42.5 Å². The number of ether oxygens (including phenoxy) is 1. The zero-order valence-corrected chi connectivity index (χ0v) is 11.6. The summed E-state index contributed by atoms with van der Waals surface area (Å²) < 4.78 is 6.43. The molecule has 0 aliphatic heterocycles. The third-order valence-corrected chi connectivity index (χ3v) is 3.85. The lowest BCUT2D eigenvalue weighted by Crippen LogP contribution is -2.24. The Morgan fingerprint density at radius 2 is 1.94 bits per heavy atom. The number of para-hydroxylation sites is 1. The number of benzene rings is 1. The quantitative estimate of drug-likeness (QED) is 0.875. The Morgan fingerprint density at radius 1 is 1.17 bits per heavy atom. The Kier molecular flexibility index (Phi) is 5.05. The highest BCUT2D eigenvalue weighted by atomic mass is 35.5. The van der Waals surface area contributed by atoms with E-state index >= 15 is 0 Å². The van der Waals surface area contributed by atoms with Crippen LogP contribution in [0.3, 0.4) is 0 Å². The highest BCUT2D eigenvalue weighted by molar-refractivity contribution is 7.16. The van der Waals surface area contributed by atoms with E-state index in [9.17, 15) is 0 Å². The van der Waals surface area contributed by atoms with Crippen molar-refractivity contribution in [3.63, 3.8) is 0 Å². The molecule has 0 fully saturated rings. The smallest absolute Gasteiger partial charge is 0.119 e. The van der Waals surface area contributed by atoms with Crippen molar-refractivity contribution in [3.05, 3.63) is 51.7 Å². The van der Waals surface area contributed by atoms with Gasteiger partial charge in [-0.05, 0) is 37.1 Å². The largest absolute Gasteiger partial charge is 0.494 e. The molecule has 1 atom stereocenters. The normalized spacial score (nSPS) is 12.3. The Morgan fingerprint density at radius 3 is 2.61 bits per heavy atom. The minimum absolute atomic E-state index is 0.114. The summed E-state index contributed by atoms with van der Waals surface area (Å²) in [6.07, 6.45) is 1.69. The summed E-state index contributed by atoms with van der Waals surface area (Å²) in [5.74, 6) is 0.892. The summed E-state index contributed by atoms with van der Waals surface area (Å²) in [5.41, 5.74) is 6.06. The molecule has 1 heterocycles. The van der Waals surface area contributed by atoms with E-state index in [0.717, 1.165) is 22.9 Å². The van der Waals surface area contributed by atoms with Crippen LogP contribution in [-0.2, 0) is 6.42 Å². The molecule has 2 aromatic rings. The lowest BCUT2D eigenvalue weighted by Gasteiger charge is -2.11. The lowest BCUT2D eigenvalue weighted by molar-refractivity contribution is 0.297. The third-order valence-electron chi connectivity index (χ3n) is 2.59. The van der Waals surface area contributed by atoms with E-state index in [1.807, 2.05) is 42.5 Å². The predicted octanol–water partition coefficient (Wildman–Crippen LogP) is 3.74. The SMILES string of the molecule is NC(CCOc1ccccc1)Cc1ccc(Cl)s1. The number of halogens is 1. The van der Waals surface area contributed by atoms with E-state index in [1.54, 1.807) is 11.3 Å². The first kappa shape index (κ1) is 13.4. The van der Waals surface area contributed by atoms with Crippen molar-refractivity contribution >= 4 is 22.9 Å². The van der Waals surface area contributed by atoms with Gasteiger partial charge >= 0.3 is 0 Å². The van der Waals surface area contributed by atoms with Gasteiger partial charge in [0, 0.05) is 10.9 Å². The molecular weight excluding hydrogens is 266 g/mol. The summed E-state index contributed by atoms with van der Waals surface area (Å²) in [4.78, 5) is 1.23. The molecule has 2 nitrogen and oxygen atoms in total. The monoisotopic (exact) mass is 281 g/mol. The van der Waals surface area contributed by atoms with Crippen LogP contribution in [-0.4, -0.2) is 12.6 Å². The molecule has 0 amide bonds. The summed E-state index contributed by atoms with van der Waals surface area (Å²) in [6, 6.07) is 13.9. The van der Waals surface area contributed by atoms with Crippen molar-refractivity contribution in [3.8, 4) is 5.75 Å². The van der Waals surface area contributed by atoms with Gasteiger partial charge in [0.25, 0.3) is 0 Å². The number of rotatable bonds is 6. The van der Waals surface area contributed by atoms with Crippen LogP contribution in [0.2, 0.25) is 4.34 Å². The molecular formula is C14H16ClNOS. The topological polar surface area (TPSA) is 35.2 Å². The molecule has 0 radical (unpaired) electrons. The molecule has 1 aromatic carbocycles. The number of hydrogen-bond acceptors (Lipinski definition) is 3. The molecule has 0 saturated heterocycles. The fourth-order valence-corrected chi connectivity index (χ4v) is 2.85. The van der Waals surface area contributed by atoms with Gasteiger partial charge in [-0.15, -0.1) is 11.3 Å². The lowest BCUT2D eigenvalue weighted by atomic mass is 10.1. The fourth-order valence-electron chi connectivity index (χ4n) is 1.67. The predicted molar refractivity (Wildman–Crippen MR) is 77.6 cm³/mol. The average molecular weight is 282 g/mol. The molecule has 1 aromatic heterocycles. The zero-order valence-electron chi connectivity index (χ0n) is 10.0. The average Bonchev–Trinajstić information content (AvgIpc) is 2.76. The van der Waals surface area contributed by atoms with Gasteiger partial charge in [0.2, 0.25) is 0 Å². The van der Waals surface area contributed by atoms with Crippen LogP contribution in [0.5, 0.6) is 5.75 Å². The summed E-state index contributed by atoms with van der Waals surface area (Å²) >= 11 is 7.47. The third kappa shape index (κ3) is 4.33. The van der Waals surface area contributed by atoms with E-state index in [4.69, 9.17) is 22.1 Å². The number of hydrogen-bond donors (Lipinski definition) is 1. The first-order chi connectivity index (χ1) is 8.74. The van der Waals surface area contributed by atoms with Crippen LogP contribution in [0.4, 0.5) is 0 Å². The maximum atomic E-state index is 6.06. The molecule has 0 bridgehead atoms. The Balaban J connectivity index is 1.70. The Hall–Kier alpha value is -1.03. The maximum Gasteiger partial charge on any atom is 0.119 e. The molecule has 0 spiro atoms. The van der Waals surface area contributed by atoms with E-state index in [1.165, 1.54) is 4.88 Å². The molecule has 0 saturated carbocycles. The van der Waals surface area contributed by atoms with Crippen LogP contribution < -0.4 is 10.5 Å². The molecule has 2 N–H and O–H groups in total. The van der Waals surface area contributed by atoms with Gasteiger partial charge in [-0.25, -0.2) is 0 Å². The van der Waals surface area contributed by atoms with E-state index in [-0.39, 0.29) is 6.04 Å². The van der Waals surface area contributed by atoms with Gasteiger partial charge in [-0.1, -0.05) is 29.8 Å². The van der Waals surface area contributed by atoms with Crippen LogP contribution in [0, 0.1) is 0 Å². The second kappa shape index (κ2) is 6.78.